The summed E-state index contributed by atoms with van der Waals surface area (Å²) in [5.41, 5.74) is 3.14. The van der Waals surface area contributed by atoms with Gasteiger partial charge < -0.3 is 0 Å². The second-order valence-electron chi connectivity index (χ2n) is 5.78. The van der Waals surface area contributed by atoms with Crippen LogP contribution in [0.15, 0.2) is 57.8 Å². The monoisotopic (exact) mass is 432 g/mol. The molecule has 4 aromatic rings. The van der Waals surface area contributed by atoms with E-state index in [1.807, 2.05) is 31.2 Å². The average Bonchev–Trinajstić information content (AvgIpc) is 3.02. The van der Waals surface area contributed by atoms with Gasteiger partial charge in [-0.3, -0.25) is 9.20 Å². The highest BCUT2D eigenvalue weighted by molar-refractivity contribution is 8.00. The Bertz CT molecular complexity index is 1240. The molecule has 4 rings (SSSR count). The fourth-order valence-electron chi connectivity index (χ4n) is 2.58. The van der Waals surface area contributed by atoms with Gasteiger partial charge in [-0.15, -0.1) is 5.10 Å². The zero-order valence-corrected chi connectivity index (χ0v) is 17.3. The van der Waals surface area contributed by atoms with Crippen LogP contribution in [0.2, 0.25) is 5.02 Å². The van der Waals surface area contributed by atoms with E-state index in [1.54, 1.807) is 33.5 Å². The Morgan fingerprint density at radius 1 is 1.26 bits per heavy atom. The van der Waals surface area contributed by atoms with Crippen molar-refractivity contribution in [2.75, 3.05) is 0 Å². The molecule has 0 spiro atoms. The first kappa shape index (κ1) is 18.4. The smallest absolute Gasteiger partial charge is 0.258 e. The highest BCUT2D eigenvalue weighted by Crippen LogP contribution is 2.27. The van der Waals surface area contributed by atoms with Gasteiger partial charge in [0.05, 0.1) is 11.4 Å². The second-order valence-corrected chi connectivity index (χ2v) is 9.06. The molecule has 0 saturated carbocycles. The number of aromatic nitrogens is 4. The lowest BCUT2D eigenvalue weighted by Gasteiger charge is -2.05. The Labute approximate surface area is 173 Å². The van der Waals surface area contributed by atoms with Gasteiger partial charge in [0.2, 0.25) is 0 Å². The normalized spacial score (nSPS) is 11.2. The molecular formula is C18H13ClN4OS3. The number of thioether (sulfide) groups is 1. The molecule has 3 heterocycles. The van der Waals surface area contributed by atoms with Gasteiger partial charge in [-0.25, -0.2) is 9.67 Å². The third kappa shape index (κ3) is 3.84. The molecule has 1 aromatic carbocycles. The van der Waals surface area contributed by atoms with Crippen molar-refractivity contribution >= 4 is 52.6 Å². The van der Waals surface area contributed by atoms with Crippen LogP contribution in [0.4, 0.5) is 0 Å². The fourth-order valence-corrected chi connectivity index (χ4v) is 4.96. The SMILES string of the molecule is Cc1cccn2c(=O)cc(CSc3nn(-c4ccc(Cl)cc4)c(=S)s3)nc12. The van der Waals surface area contributed by atoms with Crippen molar-refractivity contribution in [3.63, 3.8) is 0 Å². The largest absolute Gasteiger partial charge is 0.269 e. The molecule has 5 nitrogen and oxygen atoms in total. The summed E-state index contributed by atoms with van der Waals surface area (Å²) in [6.07, 6.45) is 1.73. The van der Waals surface area contributed by atoms with Crippen molar-refractivity contribution in [2.45, 2.75) is 17.0 Å². The Kier molecular flexibility index (Phi) is 5.14. The number of hydrogen-bond acceptors (Lipinski definition) is 6. The first-order valence-electron chi connectivity index (χ1n) is 7.98. The highest BCUT2D eigenvalue weighted by Gasteiger charge is 2.09. The minimum atomic E-state index is -0.0846. The van der Waals surface area contributed by atoms with Crippen molar-refractivity contribution < 1.29 is 0 Å². The minimum Gasteiger partial charge on any atom is -0.269 e. The average molecular weight is 433 g/mol. The molecule has 0 aliphatic heterocycles. The molecule has 0 aliphatic rings. The number of halogens is 1. The van der Waals surface area contributed by atoms with Crippen molar-refractivity contribution in [1.29, 1.82) is 0 Å². The van der Waals surface area contributed by atoms with Crippen LogP contribution in [0.1, 0.15) is 11.3 Å². The van der Waals surface area contributed by atoms with Crippen LogP contribution in [-0.2, 0) is 5.75 Å². The summed E-state index contributed by atoms with van der Waals surface area (Å²) >= 11 is 14.3. The minimum absolute atomic E-state index is 0.0846. The first-order valence-corrected chi connectivity index (χ1v) is 10.6. The number of fused-ring (bicyclic) bond motifs is 1. The molecular weight excluding hydrogens is 420 g/mol. The molecule has 0 N–H and O–H groups in total. The van der Waals surface area contributed by atoms with Crippen LogP contribution in [0.25, 0.3) is 11.3 Å². The van der Waals surface area contributed by atoms with E-state index in [4.69, 9.17) is 23.8 Å². The van der Waals surface area contributed by atoms with Gasteiger partial charge in [0.1, 0.15) is 5.65 Å². The summed E-state index contributed by atoms with van der Waals surface area (Å²) in [4.78, 5) is 16.9. The van der Waals surface area contributed by atoms with E-state index in [9.17, 15) is 4.79 Å². The predicted octanol–water partition coefficient (Wildman–Crippen LogP) is 4.93. The van der Waals surface area contributed by atoms with Crippen molar-refractivity contribution in [3.8, 4) is 5.69 Å². The molecule has 0 radical (unpaired) electrons. The van der Waals surface area contributed by atoms with E-state index < -0.39 is 0 Å². The van der Waals surface area contributed by atoms with Crippen molar-refractivity contribution in [1.82, 2.24) is 19.2 Å². The van der Waals surface area contributed by atoms with Gasteiger partial charge in [-0.05, 0) is 55.0 Å². The maximum Gasteiger partial charge on any atom is 0.258 e. The van der Waals surface area contributed by atoms with Crippen molar-refractivity contribution in [3.05, 3.63) is 79.2 Å². The molecule has 0 atom stereocenters. The number of aryl methyl sites for hydroxylation is 1. The van der Waals surface area contributed by atoms with Gasteiger partial charge in [-0.2, -0.15) is 0 Å². The summed E-state index contributed by atoms with van der Waals surface area (Å²) in [5, 5.41) is 5.23. The Morgan fingerprint density at radius 2 is 2.04 bits per heavy atom. The van der Waals surface area contributed by atoms with Gasteiger partial charge >= 0.3 is 0 Å². The molecule has 3 aromatic heterocycles. The summed E-state index contributed by atoms with van der Waals surface area (Å²) in [6, 6.07) is 12.7. The van der Waals surface area contributed by atoms with E-state index in [0.717, 1.165) is 21.3 Å². The van der Waals surface area contributed by atoms with Crippen molar-refractivity contribution in [2.24, 2.45) is 0 Å². The van der Waals surface area contributed by atoms with Crippen LogP contribution >= 0.6 is 46.9 Å². The molecule has 0 saturated heterocycles. The predicted molar refractivity (Wildman–Crippen MR) is 113 cm³/mol. The Morgan fingerprint density at radius 3 is 2.81 bits per heavy atom. The summed E-state index contributed by atoms with van der Waals surface area (Å²) < 4.78 is 4.75. The Hall–Kier alpha value is -2.00. The standard InChI is InChI=1S/C18H13ClN4OS3/c1-11-3-2-8-22-15(24)9-13(20-16(11)22)10-26-17-21-23(18(25)27-17)14-6-4-12(19)5-7-14/h2-9H,10H2,1H3. The summed E-state index contributed by atoms with van der Waals surface area (Å²) in [5.74, 6) is 0.545. The quantitative estimate of drug-likeness (QED) is 0.338. The molecule has 136 valence electrons. The summed E-state index contributed by atoms with van der Waals surface area (Å²) in [7, 11) is 0. The highest BCUT2D eigenvalue weighted by atomic mass is 35.5. The zero-order chi connectivity index (χ0) is 19.0. The third-order valence-corrected chi connectivity index (χ3v) is 6.53. The molecule has 27 heavy (non-hydrogen) atoms. The number of hydrogen-bond donors (Lipinski definition) is 0. The number of nitrogens with zero attached hydrogens (tertiary/aromatic N) is 4. The number of benzene rings is 1. The molecule has 0 aliphatic carbocycles. The van der Waals surface area contributed by atoms with Crippen LogP contribution in [0.3, 0.4) is 0 Å². The van der Waals surface area contributed by atoms with Crippen LogP contribution in [0.5, 0.6) is 0 Å². The number of pyridine rings is 1. The fraction of sp³-hybridized carbons (Fsp3) is 0.111. The van der Waals surface area contributed by atoms with Gasteiger partial charge in [0, 0.05) is 23.0 Å². The van der Waals surface area contributed by atoms with Crippen LogP contribution in [-0.4, -0.2) is 19.2 Å². The summed E-state index contributed by atoms with van der Waals surface area (Å²) in [6.45, 7) is 1.94. The Balaban J connectivity index is 1.59. The van der Waals surface area contributed by atoms with Gasteiger partial charge in [0.25, 0.3) is 5.56 Å². The van der Waals surface area contributed by atoms with Crippen LogP contribution < -0.4 is 5.56 Å². The molecule has 0 amide bonds. The van der Waals surface area contributed by atoms with Gasteiger partial charge in [-0.1, -0.05) is 40.8 Å². The van der Waals surface area contributed by atoms with E-state index in [2.05, 4.69) is 10.1 Å². The van der Waals surface area contributed by atoms with Crippen LogP contribution in [0, 0.1) is 10.9 Å². The molecule has 0 bridgehead atoms. The third-order valence-electron chi connectivity index (χ3n) is 3.88. The van der Waals surface area contributed by atoms with E-state index in [-0.39, 0.29) is 5.56 Å². The lowest BCUT2D eigenvalue weighted by molar-refractivity contribution is 0.829. The van der Waals surface area contributed by atoms with E-state index in [0.29, 0.717) is 20.4 Å². The molecule has 0 fully saturated rings. The molecule has 0 unspecified atom stereocenters. The van der Waals surface area contributed by atoms with E-state index >= 15 is 0 Å². The second kappa shape index (κ2) is 7.55. The first-order chi connectivity index (χ1) is 13.0. The molecule has 9 heteroatoms. The van der Waals surface area contributed by atoms with E-state index in [1.165, 1.54) is 23.1 Å². The lowest BCUT2D eigenvalue weighted by atomic mass is 10.3. The number of rotatable bonds is 4. The maximum absolute atomic E-state index is 12.3. The maximum atomic E-state index is 12.3. The van der Waals surface area contributed by atoms with Gasteiger partial charge in [0.15, 0.2) is 8.29 Å². The zero-order valence-electron chi connectivity index (χ0n) is 14.1. The lowest BCUT2D eigenvalue weighted by Crippen LogP contribution is -2.15. The topological polar surface area (TPSA) is 52.2 Å².